The van der Waals surface area contributed by atoms with Gasteiger partial charge in [0.05, 0.1) is 7.11 Å². The number of rotatable bonds is 10. The highest BCUT2D eigenvalue weighted by Gasteiger charge is 2.62. The monoisotopic (exact) mass is 712 g/mol. The summed E-state index contributed by atoms with van der Waals surface area (Å²) in [7, 11) is 1.31. The van der Waals surface area contributed by atoms with Crippen molar-refractivity contribution in [2.75, 3.05) is 20.3 Å². The van der Waals surface area contributed by atoms with Gasteiger partial charge in [0.15, 0.2) is 0 Å². The van der Waals surface area contributed by atoms with E-state index in [1.807, 2.05) is 60.7 Å². The van der Waals surface area contributed by atoms with Crippen LogP contribution in [-0.4, -0.2) is 60.6 Å². The van der Waals surface area contributed by atoms with E-state index in [-0.39, 0.29) is 36.9 Å². The van der Waals surface area contributed by atoms with Gasteiger partial charge in [-0.05, 0) is 57.3 Å². The molecular weight excluding hydrogens is 672 g/mol. The number of carboxylic acid groups (broad SMARTS) is 1. The number of hydrogen-bond donors (Lipinski definition) is 3. The van der Waals surface area contributed by atoms with E-state index < -0.39 is 35.2 Å². The van der Waals surface area contributed by atoms with E-state index >= 15 is 0 Å². The summed E-state index contributed by atoms with van der Waals surface area (Å²) in [5.41, 5.74) is 6.83. The summed E-state index contributed by atoms with van der Waals surface area (Å²) >= 11 is 0. The van der Waals surface area contributed by atoms with Gasteiger partial charge in [-0.3, -0.25) is 0 Å². The lowest BCUT2D eigenvalue weighted by Gasteiger charge is -2.18. The highest BCUT2D eigenvalue weighted by Crippen LogP contribution is 2.48. The summed E-state index contributed by atoms with van der Waals surface area (Å²) in [5.74, 6) is -2.00. The van der Waals surface area contributed by atoms with Crippen LogP contribution in [0.2, 0.25) is 0 Å². The predicted molar refractivity (Wildman–Crippen MR) is 198 cm³/mol. The SMILES string of the molecule is C=C[C@@H]1C[C@]1(NC(=O)OCC1c2ccccc2-c2ccccc21)C(=O)O.C=C[C@@H]1C[C@]1(NC(=O)OCC1c2ccccc2-c2ccccc21)C(=O)OC. The Balaban J connectivity index is 0.000000164. The minimum atomic E-state index is -1.27. The molecule has 4 aromatic rings. The third-order valence-electron chi connectivity index (χ3n) is 10.9. The highest BCUT2D eigenvalue weighted by atomic mass is 16.6. The molecule has 10 heteroatoms. The number of fused-ring (bicyclic) bond motifs is 6. The lowest BCUT2D eigenvalue weighted by atomic mass is 9.98. The molecule has 4 aromatic carbocycles. The average molecular weight is 713 g/mol. The third kappa shape index (κ3) is 6.34. The zero-order valence-electron chi connectivity index (χ0n) is 29.2. The second-order valence-electron chi connectivity index (χ2n) is 13.7. The number of amides is 2. The summed E-state index contributed by atoms with van der Waals surface area (Å²) < 4.78 is 15.7. The molecule has 2 fully saturated rings. The van der Waals surface area contributed by atoms with Crippen molar-refractivity contribution in [1.82, 2.24) is 10.6 Å². The van der Waals surface area contributed by atoms with Crippen LogP contribution >= 0.6 is 0 Å². The first-order chi connectivity index (χ1) is 25.7. The number of aliphatic carboxylic acids is 1. The molecule has 2 saturated carbocycles. The Labute approximate surface area is 307 Å². The molecule has 270 valence electrons. The molecule has 0 radical (unpaired) electrons. The number of nitrogens with one attached hydrogen (secondary N) is 2. The number of esters is 1. The molecule has 4 aliphatic rings. The summed E-state index contributed by atoms with van der Waals surface area (Å²) in [4.78, 5) is 48.1. The Morgan fingerprint density at radius 1 is 0.642 bits per heavy atom. The summed E-state index contributed by atoms with van der Waals surface area (Å²) in [5, 5.41) is 14.6. The molecule has 0 bridgehead atoms. The van der Waals surface area contributed by atoms with Crippen molar-refractivity contribution < 1.29 is 38.5 Å². The van der Waals surface area contributed by atoms with E-state index in [0.29, 0.717) is 12.8 Å². The van der Waals surface area contributed by atoms with Crippen LogP contribution in [0.5, 0.6) is 0 Å². The van der Waals surface area contributed by atoms with E-state index in [2.05, 4.69) is 60.2 Å². The van der Waals surface area contributed by atoms with Gasteiger partial charge < -0.3 is 30.0 Å². The van der Waals surface area contributed by atoms with E-state index in [9.17, 15) is 24.3 Å². The topological polar surface area (TPSA) is 140 Å². The molecular formula is C43H40N2O8. The van der Waals surface area contributed by atoms with Gasteiger partial charge in [-0.25, -0.2) is 19.2 Å². The maximum atomic E-state index is 12.4. The lowest BCUT2D eigenvalue weighted by molar-refractivity contribution is -0.144. The van der Waals surface area contributed by atoms with Crippen LogP contribution in [0.15, 0.2) is 122 Å². The average Bonchev–Trinajstić information content (AvgIpc) is 4.03. The van der Waals surface area contributed by atoms with Crippen molar-refractivity contribution >= 4 is 24.1 Å². The minimum Gasteiger partial charge on any atom is -0.479 e. The molecule has 53 heavy (non-hydrogen) atoms. The van der Waals surface area contributed by atoms with Crippen LogP contribution < -0.4 is 10.6 Å². The van der Waals surface area contributed by atoms with Crippen LogP contribution in [0.1, 0.15) is 46.9 Å². The molecule has 4 aliphatic carbocycles. The zero-order chi connectivity index (χ0) is 37.3. The summed E-state index contributed by atoms with van der Waals surface area (Å²) in [6, 6.07) is 32.4. The van der Waals surface area contributed by atoms with Gasteiger partial charge in [0, 0.05) is 23.7 Å². The molecule has 0 saturated heterocycles. The molecule has 3 N–H and O–H groups in total. The third-order valence-corrected chi connectivity index (χ3v) is 10.9. The fourth-order valence-electron chi connectivity index (χ4n) is 7.83. The minimum absolute atomic E-state index is 0.0216. The van der Waals surface area contributed by atoms with Gasteiger partial charge in [-0.15, -0.1) is 13.2 Å². The molecule has 0 heterocycles. The van der Waals surface area contributed by atoms with Gasteiger partial charge in [-0.1, -0.05) is 109 Å². The lowest BCUT2D eigenvalue weighted by Crippen LogP contribution is -2.46. The first-order valence-corrected chi connectivity index (χ1v) is 17.5. The van der Waals surface area contributed by atoms with E-state index in [1.165, 1.54) is 18.2 Å². The van der Waals surface area contributed by atoms with Crippen molar-refractivity contribution in [3.63, 3.8) is 0 Å². The summed E-state index contributed by atoms with van der Waals surface area (Å²) in [6.07, 6.45) is 2.70. The van der Waals surface area contributed by atoms with Crippen LogP contribution in [0, 0.1) is 11.8 Å². The Hall–Kier alpha value is -6.16. The first kappa shape index (κ1) is 35.3. The standard InChI is InChI=1S/C22H21NO4.C21H19NO4/c1-3-14-12-22(14,20(24)26-2)23-21(25)27-13-19-17-10-6-4-8-15(17)16-9-5-7-11-18(16)19;1-2-13-11-21(13,19(23)24)22-20(25)26-12-18-16-9-5-3-7-14(16)15-8-4-6-10-17(15)18/h3-11,14,19H,1,12-13H2,2H3,(H,23,25);2-10,13,18H,1,11-12H2,(H,22,25)(H,23,24)/t14-,22-;13-,21-/m11/s1. The van der Waals surface area contributed by atoms with Gasteiger partial charge in [0.25, 0.3) is 0 Å². The summed E-state index contributed by atoms with van der Waals surface area (Å²) in [6.45, 7) is 7.68. The molecule has 0 aromatic heterocycles. The number of ether oxygens (including phenoxy) is 3. The number of carbonyl (C=O) groups excluding carboxylic acids is 3. The van der Waals surface area contributed by atoms with Crippen LogP contribution in [0.3, 0.4) is 0 Å². The van der Waals surface area contributed by atoms with Gasteiger partial charge in [-0.2, -0.15) is 0 Å². The number of carbonyl (C=O) groups is 4. The smallest absolute Gasteiger partial charge is 0.408 e. The quantitative estimate of drug-likeness (QED) is 0.0892. The second-order valence-corrected chi connectivity index (χ2v) is 13.7. The van der Waals surface area contributed by atoms with Gasteiger partial charge in [0.2, 0.25) is 0 Å². The maximum Gasteiger partial charge on any atom is 0.408 e. The zero-order valence-corrected chi connectivity index (χ0v) is 29.2. The van der Waals surface area contributed by atoms with E-state index in [4.69, 9.17) is 14.2 Å². The Morgan fingerprint density at radius 2 is 0.981 bits per heavy atom. The second kappa shape index (κ2) is 14.1. The number of carboxylic acids is 1. The van der Waals surface area contributed by atoms with Crippen molar-refractivity contribution in [3.8, 4) is 22.3 Å². The molecule has 2 amide bonds. The molecule has 10 nitrogen and oxygen atoms in total. The largest absolute Gasteiger partial charge is 0.479 e. The highest BCUT2D eigenvalue weighted by molar-refractivity contribution is 5.90. The fourth-order valence-corrected chi connectivity index (χ4v) is 7.83. The predicted octanol–water partition coefficient (Wildman–Crippen LogP) is 7.20. The Bertz CT molecular complexity index is 2040. The van der Waals surface area contributed by atoms with Crippen LogP contribution in [-0.2, 0) is 23.8 Å². The van der Waals surface area contributed by atoms with Crippen molar-refractivity contribution in [3.05, 3.63) is 145 Å². The number of hydrogen-bond acceptors (Lipinski definition) is 7. The Morgan fingerprint density at radius 3 is 1.30 bits per heavy atom. The molecule has 0 unspecified atom stereocenters. The molecule has 8 rings (SSSR count). The van der Waals surface area contributed by atoms with Crippen LogP contribution in [0.4, 0.5) is 9.59 Å². The Kier molecular flexibility index (Phi) is 9.38. The molecule has 0 spiro atoms. The fraction of sp³-hybridized carbons (Fsp3) is 0.256. The number of methoxy groups -OCH3 is 1. The van der Waals surface area contributed by atoms with Crippen molar-refractivity contribution in [2.45, 2.75) is 35.8 Å². The van der Waals surface area contributed by atoms with Crippen LogP contribution in [0.25, 0.3) is 22.3 Å². The van der Waals surface area contributed by atoms with E-state index in [1.54, 1.807) is 12.2 Å². The molecule has 0 aliphatic heterocycles. The number of alkyl carbamates (subject to hydrolysis) is 2. The van der Waals surface area contributed by atoms with Gasteiger partial charge in [0.1, 0.15) is 24.3 Å². The van der Waals surface area contributed by atoms with Crippen molar-refractivity contribution in [1.29, 1.82) is 0 Å². The van der Waals surface area contributed by atoms with Crippen molar-refractivity contribution in [2.24, 2.45) is 11.8 Å². The van der Waals surface area contributed by atoms with E-state index in [0.717, 1.165) is 33.4 Å². The number of benzene rings is 4. The first-order valence-electron chi connectivity index (χ1n) is 17.5. The molecule has 4 atom stereocenters. The maximum absolute atomic E-state index is 12.4. The van der Waals surface area contributed by atoms with Gasteiger partial charge >= 0.3 is 24.1 Å². The normalized spacial score (nSPS) is 22.6.